The molecule has 3 heteroatoms. The first-order valence-electron chi connectivity index (χ1n) is 7.01. The summed E-state index contributed by atoms with van der Waals surface area (Å²) in [5, 5.41) is 0. The van der Waals surface area contributed by atoms with Gasteiger partial charge in [-0.2, -0.15) is 0 Å². The lowest BCUT2D eigenvalue weighted by molar-refractivity contribution is 0.176. The second-order valence-corrected chi connectivity index (χ2v) is 6.44. The maximum Gasteiger partial charge on any atom is 0.0733 e. The third kappa shape index (κ3) is 5.35. The van der Waals surface area contributed by atoms with Gasteiger partial charge in [0, 0.05) is 19.0 Å². The average Bonchev–Trinajstić information content (AvgIpc) is 2.95. The van der Waals surface area contributed by atoms with Crippen LogP contribution < -0.4 is 5.73 Å². The summed E-state index contributed by atoms with van der Waals surface area (Å²) in [4.78, 5) is 3.31. The summed E-state index contributed by atoms with van der Waals surface area (Å²) in [6.07, 6.45) is 7.51. The van der Waals surface area contributed by atoms with Crippen LogP contribution in [0.15, 0.2) is 0 Å². The Kier molecular flexibility index (Phi) is 5.87. The van der Waals surface area contributed by atoms with Crippen LogP contribution in [0.3, 0.4) is 0 Å². The van der Waals surface area contributed by atoms with Crippen LogP contribution in [0.5, 0.6) is 0 Å². The van der Waals surface area contributed by atoms with Crippen molar-refractivity contribution < 1.29 is 0 Å². The standard InChI is InChI=1S/C14H28N2S/c1-4-5-6-9-16(12(2)3)11-14(7-8-14)10-13(15)17/h12H,4-11H2,1-3H3,(H2,15,17). The van der Waals surface area contributed by atoms with Crippen molar-refractivity contribution in [3.8, 4) is 0 Å². The van der Waals surface area contributed by atoms with E-state index in [1.54, 1.807) is 0 Å². The van der Waals surface area contributed by atoms with Crippen LogP contribution in [-0.2, 0) is 0 Å². The summed E-state index contributed by atoms with van der Waals surface area (Å²) in [7, 11) is 0. The molecule has 0 spiro atoms. The highest BCUT2D eigenvalue weighted by Gasteiger charge is 2.44. The van der Waals surface area contributed by atoms with Gasteiger partial charge in [-0.05, 0) is 45.1 Å². The van der Waals surface area contributed by atoms with Crippen LogP contribution in [0.2, 0.25) is 0 Å². The Hall–Kier alpha value is -0.150. The van der Waals surface area contributed by atoms with E-state index in [0.29, 0.717) is 16.4 Å². The fraction of sp³-hybridized carbons (Fsp3) is 0.929. The van der Waals surface area contributed by atoms with E-state index in [0.717, 1.165) is 6.42 Å². The van der Waals surface area contributed by atoms with Crippen molar-refractivity contribution in [1.29, 1.82) is 0 Å². The molecule has 17 heavy (non-hydrogen) atoms. The Balaban J connectivity index is 2.40. The maximum absolute atomic E-state index is 5.70. The number of thiocarbonyl (C=S) groups is 1. The molecule has 1 aliphatic carbocycles. The molecule has 0 aromatic rings. The highest BCUT2D eigenvalue weighted by molar-refractivity contribution is 7.80. The quantitative estimate of drug-likeness (QED) is 0.507. The lowest BCUT2D eigenvalue weighted by Gasteiger charge is -2.30. The molecule has 0 aromatic carbocycles. The van der Waals surface area contributed by atoms with Gasteiger partial charge in [0.1, 0.15) is 0 Å². The molecule has 0 heterocycles. The van der Waals surface area contributed by atoms with E-state index >= 15 is 0 Å². The molecule has 0 unspecified atom stereocenters. The summed E-state index contributed by atoms with van der Waals surface area (Å²) in [6, 6.07) is 0.635. The SMILES string of the molecule is CCCCCN(CC1(CC(N)=S)CC1)C(C)C. The lowest BCUT2D eigenvalue weighted by Crippen LogP contribution is -2.38. The van der Waals surface area contributed by atoms with Crippen molar-refractivity contribution >= 4 is 17.2 Å². The fourth-order valence-corrected chi connectivity index (χ4v) is 2.76. The molecule has 0 aliphatic heterocycles. The van der Waals surface area contributed by atoms with Gasteiger partial charge in [0.05, 0.1) is 4.99 Å². The van der Waals surface area contributed by atoms with Gasteiger partial charge in [0.2, 0.25) is 0 Å². The van der Waals surface area contributed by atoms with Crippen LogP contribution in [0.4, 0.5) is 0 Å². The molecule has 1 aliphatic rings. The number of hydrogen-bond donors (Lipinski definition) is 1. The van der Waals surface area contributed by atoms with Gasteiger partial charge in [-0.15, -0.1) is 0 Å². The van der Waals surface area contributed by atoms with Crippen molar-refractivity contribution in [2.75, 3.05) is 13.1 Å². The minimum atomic E-state index is 0.433. The molecule has 0 amide bonds. The lowest BCUT2D eigenvalue weighted by atomic mass is 10.0. The summed E-state index contributed by atoms with van der Waals surface area (Å²) in [5.41, 5.74) is 6.14. The Morgan fingerprint density at radius 1 is 1.35 bits per heavy atom. The molecular weight excluding hydrogens is 228 g/mol. The molecule has 2 N–H and O–H groups in total. The second kappa shape index (κ2) is 6.69. The number of hydrogen-bond acceptors (Lipinski definition) is 2. The Bertz CT molecular complexity index is 247. The van der Waals surface area contributed by atoms with Crippen molar-refractivity contribution in [3.05, 3.63) is 0 Å². The van der Waals surface area contributed by atoms with Gasteiger partial charge < -0.3 is 10.6 Å². The number of nitrogens with two attached hydrogens (primary N) is 1. The third-order valence-electron chi connectivity index (χ3n) is 3.82. The van der Waals surface area contributed by atoms with E-state index in [9.17, 15) is 0 Å². The first kappa shape index (κ1) is 14.9. The first-order valence-corrected chi connectivity index (χ1v) is 7.42. The predicted octanol–water partition coefficient (Wildman–Crippen LogP) is 3.34. The molecule has 0 radical (unpaired) electrons. The normalized spacial score (nSPS) is 17.7. The highest BCUT2D eigenvalue weighted by Crippen LogP contribution is 2.49. The van der Waals surface area contributed by atoms with Crippen LogP contribution in [-0.4, -0.2) is 29.0 Å². The van der Waals surface area contributed by atoms with Crippen LogP contribution in [0.1, 0.15) is 59.3 Å². The van der Waals surface area contributed by atoms with Crippen molar-refractivity contribution in [3.63, 3.8) is 0 Å². The minimum absolute atomic E-state index is 0.433. The first-order chi connectivity index (χ1) is 7.99. The largest absolute Gasteiger partial charge is 0.393 e. The molecule has 0 atom stereocenters. The van der Waals surface area contributed by atoms with Gasteiger partial charge >= 0.3 is 0 Å². The average molecular weight is 256 g/mol. The fourth-order valence-electron chi connectivity index (χ4n) is 2.45. The molecular formula is C14H28N2S. The van der Waals surface area contributed by atoms with Crippen LogP contribution in [0.25, 0.3) is 0 Å². The summed E-state index contributed by atoms with van der Waals surface area (Å²) >= 11 is 5.07. The zero-order chi connectivity index (χ0) is 12.9. The molecule has 0 bridgehead atoms. The topological polar surface area (TPSA) is 29.3 Å². The smallest absolute Gasteiger partial charge is 0.0733 e. The van der Waals surface area contributed by atoms with Crippen molar-refractivity contribution in [2.45, 2.75) is 65.3 Å². The van der Waals surface area contributed by atoms with Crippen LogP contribution in [0, 0.1) is 5.41 Å². The monoisotopic (exact) mass is 256 g/mol. The molecule has 0 saturated heterocycles. The number of unbranched alkanes of at least 4 members (excludes halogenated alkanes) is 2. The van der Waals surface area contributed by atoms with E-state index in [1.807, 2.05) is 0 Å². The minimum Gasteiger partial charge on any atom is -0.393 e. The van der Waals surface area contributed by atoms with Crippen molar-refractivity contribution in [1.82, 2.24) is 4.90 Å². The second-order valence-electron chi connectivity index (χ2n) is 5.91. The van der Waals surface area contributed by atoms with Gasteiger partial charge in [-0.25, -0.2) is 0 Å². The van der Waals surface area contributed by atoms with Gasteiger partial charge in [-0.1, -0.05) is 32.0 Å². The maximum atomic E-state index is 5.70. The molecule has 1 saturated carbocycles. The third-order valence-corrected chi connectivity index (χ3v) is 3.97. The summed E-state index contributed by atoms with van der Waals surface area (Å²) in [5.74, 6) is 0. The molecule has 1 rings (SSSR count). The Labute approximate surface area is 112 Å². The zero-order valence-corrected chi connectivity index (χ0v) is 12.5. The van der Waals surface area contributed by atoms with Gasteiger partial charge in [0.15, 0.2) is 0 Å². The van der Waals surface area contributed by atoms with E-state index in [1.165, 1.54) is 45.2 Å². The van der Waals surface area contributed by atoms with Crippen LogP contribution >= 0.6 is 12.2 Å². The Morgan fingerprint density at radius 3 is 2.41 bits per heavy atom. The molecule has 100 valence electrons. The molecule has 2 nitrogen and oxygen atoms in total. The number of rotatable bonds is 9. The van der Waals surface area contributed by atoms with E-state index < -0.39 is 0 Å². The van der Waals surface area contributed by atoms with E-state index in [4.69, 9.17) is 18.0 Å². The summed E-state index contributed by atoms with van der Waals surface area (Å²) in [6.45, 7) is 9.26. The number of nitrogens with zero attached hydrogens (tertiary/aromatic N) is 1. The van der Waals surface area contributed by atoms with E-state index in [-0.39, 0.29) is 0 Å². The van der Waals surface area contributed by atoms with Crippen molar-refractivity contribution in [2.24, 2.45) is 11.1 Å². The summed E-state index contributed by atoms with van der Waals surface area (Å²) < 4.78 is 0. The van der Waals surface area contributed by atoms with Gasteiger partial charge in [-0.3, -0.25) is 0 Å². The Morgan fingerprint density at radius 2 is 2.00 bits per heavy atom. The zero-order valence-electron chi connectivity index (χ0n) is 11.7. The molecule has 1 fully saturated rings. The molecule has 0 aromatic heterocycles. The highest BCUT2D eigenvalue weighted by atomic mass is 32.1. The van der Waals surface area contributed by atoms with E-state index in [2.05, 4.69) is 25.7 Å². The van der Waals surface area contributed by atoms with Gasteiger partial charge in [0.25, 0.3) is 0 Å². The predicted molar refractivity (Wildman–Crippen MR) is 79.3 cm³/mol.